The van der Waals surface area contributed by atoms with Crippen LogP contribution < -0.4 is 15.4 Å². The van der Waals surface area contributed by atoms with Gasteiger partial charge in [-0.15, -0.1) is 0 Å². The molecule has 0 aliphatic carbocycles. The van der Waals surface area contributed by atoms with Crippen molar-refractivity contribution in [1.29, 1.82) is 0 Å². The zero-order valence-electron chi connectivity index (χ0n) is 27.1. The molecule has 1 spiro atoms. The number of hydrogen-bond acceptors (Lipinski definition) is 9. The highest BCUT2D eigenvalue weighted by Crippen LogP contribution is 2.59. The molecule has 7 rings (SSSR count). The molecule has 4 atom stereocenters. The van der Waals surface area contributed by atoms with Gasteiger partial charge in [-0.25, -0.2) is 9.97 Å². The number of ether oxygens (including phenoxy) is 1. The SMILES string of the molecule is CCC(O)(CC)C(=O)C[C@H]1Cc2ccc3c(c2)C2(c4ccccc4N[C@H]2O3)c2oc(nc2-c2nc(C)co2)[C@H](C(C)(C)C)NC1=O. The molecule has 0 saturated carbocycles. The van der Waals surface area contributed by atoms with Gasteiger partial charge in [-0.3, -0.25) is 9.59 Å². The quantitative estimate of drug-likeness (QED) is 0.236. The van der Waals surface area contributed by atoms with Gasteiger partial charge in [0.05, 0.1) is 5.69 Å². The number of hydrogen-bond donors (Lipinski definition) is 3. The second kappa shape index (κ2) is 10.6. The zero-order valence-corrected chi connectivity index (χ0v) is 27.1. The number of benzene rings is 2. The molecule has 4 bridgehead atoms. The molecule has 10 nitrogen and oxygen atoms in total. The number of fused-ring (bicyclic) bond motifs is 4. The zero-order chi connectivity index (χ0) is 32.6. The van der Waals surface area contributed by atoms with Gasteiger partial charge >= 0.3 is 0 Å². The Morgan fingerprint density at radius 1 is 1.07 bits per heavy atom. The number of aliphatic hydroxyl groups is 1. The van der Waals surface area contributed by atoms with Gasteiger partial charge in [-0.1, -0.05) is 65.0 Å². The Labute approximate surface area is 268 Å². The van der Waals surface area contributed by atoms with Crippen molar-refractivity contribution >= 4 is 17.4 Å². The highest BCUT2D eigenvalue weighted by molar-refractivity contribution is 5.92. The first-order valence-electron chi connectivity index (χ1n) is 16.0. The highest BCUT2D eigenvalue weighted by atomic mass is 16.5. The third-order valence-electron chi connectivity index (χ3n) is 9.94. The van der Waals surface area contributed by atoms with Crippen molar-refractivity contribution in [2.24, 2.45) is 11.3 Å². The van der Waals surface area contributed by atoms with Crippen molar-refractivity contribution in [3.63, 3.8) is 0 Å². The van der Waals surface area contributed by atoms with E-state index in [1.54, 1.807) is 20.1 Å². The summed E-state index contributed by atoms with van der Waals surface area (Å²) >= 11 is 0. The van der Waals surface area contributed by atoms with E-state index in [0.29, 0.717) is 41.1 Å². The van der Waals surface area contributed by atoms with Crippen LogP contribution in [0.2, 0.25) is 0 Å². The van der Waals surface area contributed by atoms with Crippen molar-refractivity contribution in [1.82, 2.24) is 15.3 Å². The molecule has 46 heavy (non-hydrogen) atoms. The topological polar surface area (TPSA) is 140 Å². The number of para-hydroxylation sites is 1. The van der Waals surface area contributed by atoms with Gasteiger partial charge in [0, 0.05) is 23.6 Å². The van der Waals surface area contributed by atoms with Crippen molar-refractivity contribution in [2.75, 3.05) is 5.32 Å². The predicted molar refractivity (Wildman–Crippen MR) is 170 cm³/mol. The fourth-order valence-electron chi connectivity index (χ4n) is 7.20. The smallest absolute Gasteiger partial charge is 0.249 e. The molecular formula is C36H40N4O6. The number of amides is 1. The summed E-state index contributed by atoms with van der Waals surface area (Å²) in [6, 6.07) is 13.3. The minimum absolute atomic E-state index is 0.107. The third-order valence-corrected chi connectivity index (χ3v) is 9.94. The van der Waals surface area contributed by atoms with Gasteiger partial charge in [-0.2, -0.15) is 0 Å². The van der Waals surface area contributed by atoms with E-state index in [-0.39, 0.29) is 31.0 Å². The Morgan fingerprint density at radius 2 is 1.83 bits per heavy atom. The summed E-state index contributed by atoms with van der Waals surface area (Å²) < 4.78 is 19.4. The fourth-order valence-corrected chi connectivity index (χ4v) is 7.20. The molecule has 3 aliphatic rings. The molecule has 5 heterocycles. The van der Waals surface area contributed by atoms with Crippen LogP contribution in [0.5, 0.6) is 5.75 Å². The van der Waals surface area contributed by atoms with Gasteiger partial charge in [0.1, 0.15) is 29.1 Å². The Bertz CT molecular complexity index is 1850. The van der Waals surface area contributed by atoms with Gasteiger partial charge in [0.15, 0.2) is 23.5 Å². The second-order valence-electron chi connectivity index (χ2n) is 13.9. The first kappa shape index (κ1) is 30.2. The summed E-state index contributed by atoms with van der Waals surface area (Å²) in [5.41, 5.74) is 1.71. The average molecular weight is 625 g/mol. The van der Waals surface area contributed by atoms with Crippen molar-refractivity contribution in [2.45, 2.75) is 90.5 Å². The summed E-state index contributed by atoms with van der Waals surface area (Å²) in [6.07, 6.45) is 1.75. The van der Waals surface area contributed by atoms with Crippen molar-refractivity contribution in [3.05, 3.63) is 82.8 Å². The third kappa shape index (κ3) is 4.48. The molecule has 0 radical (unpaired) electrons. The minimum atomic E-state index is -1.49. The normalized spacial score (nSPS) is 23.4. The monoisotopic (exact) mass is 624 g/mol. The molecule has 1 unspecified atom stereocenters. The van der Waals surface area contributed by atoms with E-state index in [4.69, 9.17) is 18.6 Å². The van der Waals surface area contributed by atoms with Crippen molar-refractivity contribution in [3.8, 4) is 17.3 Å². The average Bonchev–Trinajstić information content (AvgIpc) is 3.79. The number of nitrogens with one attached hydrogen (secondary N) is 2. The summed E-state index contributed by atoms with van der Waals surface area (Å²) in [5, 5.41) is 17.8. The van der Waals surface area contributed by atoms with Crippen molar-refractivity contribution < 1.29 is 28.3 Å². The molecule has 2 aromatic heterocycles. The lowest BCUT2D eigenvalue weighted by molar-refractivity contribution is -0.142. The number of aryl methyl sites for hydroxylation is 1. The van der Waals surface area contributed by atoms with E-state index >= 15 is 0 Å². The van der Waals surface area contributed by atoms with E-state index in [9.17, 15) is 14.7 Å². The Morgan fingerprint density at radius 3 is 2.52 bits per heavy atom. The van der Waals surface area contributed by atoms with Crippen LogP contribution in [0.15, 0.2) is 57.6 Å². The molecule has 3 aliphatic heterocycles. The number of anilines is 1. The lowest BCUT2D eigenvalue weighted by atomic mass is 9.72. The van der Waals surface area contributed by atoms with E-state index < -0.39 is 34.6 Å². The molecule has 240 valence electrons. The summed E-state index contributed by atoms with van der Waals surface area (Å²) in [5.74, 6) is 0.394. The standard InChI is InChI=1S/C36H40N4O6/c1-7-35(43,8-2)26(41)17-21-15-20-13-14-25-23(16-20)36(22-11-9-10-12-24(22)38-33(36)45-25)29-27(31-37-19(3)18-44-31)39-32(46-29)28(34(4,5)6)40-30(21)42/h9-14,16,18,21,28,33,38,43H,7-8,15,17H2,1-6H3,(H,40,42)/t21-,28-,33+,36?/m1/s1. The molecule has 3 N–H and O–H groups in total. The Balaban J connectivity index is 1.49. The number of carbonyl (C=O) groups is 2. The van der Waals surface area contributed by atoms with Crippen LogP contribution in [0.3, 0.4) is 0 Å². The molecule has 0 saturated heterocycles. The number of aromatic nitrogens is 2. The van der Waals surface area contributed by atoms with E-state index in [1.165, 1.54) is 0 Å². The number of rotatable bonds is 6. The van der Waals surface area contributed by atoms with Crippen LogP contribution in [0, 0.1) is 18.3 Å². The van der Waals surface area contributed by atoms with Gasteiger partial charge in [0.2, 0.25) is 17.7 Å². The number of Topliss-reactive ketones (excluding diaryl/α,β-unsaturated/α-hetero) is 1. The number of ketones is 1. The van der Waals surface area contributed by atoms with Crippen LogP contribution in [-0.2, 0) is 21.4 Å². The maximum atomic E-state index is 14.2. The van der Waals surface area contributed by atoms with Crippen LogP contribution in [0.1, 0.15) is 94.0 Å². The van der Waals surface area contributed by atoms with Gasteiger partial charge in [0.25, 0.3) is 0 Å². The second-order valence-corrected chi connectivity index (χ2v) is 13.9. The number of nitrogens with zero attached hydrogens (tertiary/aromatic N) is 2. The number of carbonyl (C=O) groups excluding carboxylic acids is 2. The fraction of sp³-hybridized carbons (Fsp3) is 0.444. The number of oxazole rings is 2. The lowest BCUT2D eigenvalue weighted by Crippen LogP contribution is -2.44. The molecule has 10 heteroatoms. The Kier molecular flexibility index (Phi) is 6.93. The van der Waals surface area contributed by atoms with E-state index in [2.05, 4.69) is 21.7 Å². The van der Waals surface area contributed by atoms with E-state index in [1.807, 2.05) is 64.1 Å². The summed E-state index contributed by atoms with van der Waals surface area (Å²) in [6.45, 7) is 11.4. The lowest BCUT2D eigenvalue weighted by Gasteiger charge is -2.32. The van der Waals surface area contributed by atoms with Crippen LogP contribution in [0.4, 0.5) is 5.69 Å². The van der Waals surface area contributed by atoms with E-state index in [0.717, 1.165) is 22.4 Å². The molecular weight excluding hydrogens is 584 g/mol. The van der Waals surface area contributed by atoms with Crippen LogP contribution in [0.25, 0.3) is 11.6 Å². The summed E-state index contributed by atoms with van der Waals surface area (Å²) in [7, 11) is 0. The Hall–Kier alpha value is -4.44. The first-order valence-corrected chi connectivity index (χ1v) is 16.0. The molecule has 4 aromatic rings. The minimum Gasteiger partial charge on any atom is -0.469 e. The largest absolute Gasteiger partial charge is 0.469 e. The van der Waals surface area contributed by atoms with Crippen LogP contribution in [-0.4, -0.2) is 38.6 Å². The molecule has 0 fully saturated rings. The predicted octanol–water partition coefficient (Wildman–Crippen LogP) is 6.00. The highest BCUT2D eigenvalue weighted by Gasteiger charge is 2.61. The maximum Gasteiger partial charge on any atom is 0.249 e. The molecule has 1 amide bonds. The maximum absolute atomic E-state index is 14.2. The van der Waals surface area contributed by atoms with Gasteiger partial charge in [-0.05, 0) is 54.9 Å². The van der Waals surface area contributed by atoms with Gasteiger partial charge < -0.3 is 29.3 Å². The molecule has 2 aromatic carbocycles. The van der Waals surface area contributed by atoms with Crippen LogP contribution >= 0.6 is 0 Å². The summed E-state index contributed by atoms with van der Waals surface area (Å²) in [4.78, 5) is 37.4. The first-order chi connectivity index (χ1) is 21.9.